The van der Waals surface area contributed by atoms with Crippen molar-refractivity contribution in [3.8, 4) is 11.8 Å². The molecule has 0 atom stereocenters. The van der Waals surface area contributed by atoms with Crippen molar-refractivity contribution >= 4 is 0 Å². The standard InChI is InChI=1S/C16H15N.C5H10/c1-4-13-10-11-14-8-6-7-9-15(14)12-17(3)16(13)5-2;1-4-5(2)3/h4-9H,1-2,12H2,3H3;4-5H,1H2,2-3H3/b16-13-;. The third kappa shape index (κ3) is 4.82. The second-order valence-corrected chi connectivity index (χ2v) is 5.45. The Hall–Kier alpha value is -2.46. The number of rotatable bonds is 3. The molecule has 1 aliphatic rings. The predicted octanol–water partition coefficient (Wildman–Crippen LogP) is 4.94. The number of hydrogen-bond acceptors (Lipinski definition) is 1. The zero-order valence-corrected chi connectivity index (χ0v) is 13.9. The molecule has 1 heteroatoms. The van der Waals surface area contributed by atoms with Gasteiger partial charge in [0, 0.05) is 24.7 Å². The van der Waals surface area contributed by atoms with Crippen LogP contribution in [0.5, 0.6) is 0 Å². The van der Waals surface area contributed by atoms with E-state index in [9.17, 15) is 0 Å². The molecule has 0 spiro atoms. The Morgan fingerprint density at radius 1 is 1.09 bits per heavy atom. The lowest BCUT2D eigenvalue weighted by atomic mass is 10.0. The second kappa shape index (κ2) is 8.74. The highest BCUT2D eigenvalue weighted by molar-refractivity contribution is 5.52. The van der Waals surface area contributed by atoms with Gasteiger partial charge in [0.25, 0.3) is 0 Å². The topological polar surface area (TPSA) is 3.24 Å². The van der Waals surface area contributed by atoms with Gasteiger partial charge in [-0.1, -0.05) is 69.2 Å². The minimum absolute atomic E-state index is 0.648. The first kappa shape index (κ1) is 17.6. The van der Waals surface area contributed by atoms with Crippen molar-refractivity contribution in [2.24, 2.45) is 5.92 Å². The van der Waals surface area contributed by atoms with Gasteiger partial charge in [-0.2, -0.15) is 0 Å². The summed E-state index contributed by atoms with van der Waals surface area (Å²) in [6, 6.07) is 8.22. The minimum atomic E-state index is 0.648. The Labute approximate surface area is 135 Å². The molecule has 2 rings (SSSR count). The Bertz CT molecular complexity index is 635. The van der Waals surface area contributed by atoms with E-state index in [1.807, 2.05) is 31.3 Å². The van der Waals surface area contributed by atoms with Crippen molar-refractivity contribution in [2.75, 3.05) is 7.05 Å². The lowest BCUT2D eigenvalue weighted by Crippen LogP contribution is -2.19. The zero-order valence-electron chi connectivity index (χ0n) is 13.9. The molecule has 0 saturated carbocycles. The van der Waals surface area contributed by atoms with Crippen LogP contribution in [0.3, 0.4) is 0 Å². The van der Waals surface area contributed by atoms with Gasteiger partial charge in [0.05, 0.1) is 5.70 Å². The first-order valence-corrected chi connectivity index (χ1v) is 7.46. The molecule has 0 N–H and O–H groups in total. The molecule has 0 saturated heterocycles. The van der Waals surface area contributed by atoms with Crippen molar-refractivity contribution in [3.63, 3.8) is 0 Å². The van der Waals surface area contributed by atoms with Gasteiger partial charge in [-0.3, -0.25) is 0 Å². The van der Waals surface area contributed by atoms with Crippen molar-refractivity contribution in [1.82, 2.24) is 4.90 Å². The fraction of sp³-hybridized carbons (Fsp3) is 0.238. The van der Waals surface area contributed by atoms with Gasteiger partial charge in [-0.25, -0.2) is 0 Å². The van der Waals surface area contributed by atoms with Gasteiger partial charge >= 0.3 is 0 Å². The smallest absolute Gasteiger partial charge is 0.0519 e. The molecule has 0 unspecified atom stereocenters. The third-order valence-electron chi connectivity index (χ3n) is 3.31. The molecular formula is C21H25N. The van der Waals surface area contributed by atoms with Crippen LogP contribution in [0.4, 0.5) is 0 Å². The summed E-state index contributed by atoms with van der Waals surface area (Å²) in [6.45, 7) is 16.3. The van der Waals surface area contributed by atoms with Crippen molar-refractivity contribution in [2.45, 2.75) is 20.4 Å². The van der Waals surface area contributed by atoms with E-state index in [0.29, 0.717) is 5.92 Å². The van der Waals surface area contributed by atoms with Crippen LogP contribution in [-0.4, -0.2) is 11.9 Å². The van der Waals surface area contributed by atoms with E-state index in [0.717, 1.165) is 23.4 Å². The molecular weight excluding hydrogens is 266 g/mol. The van der Waals surface area contributed by atoms with Crippen LogP contribution < -0.4 is 0 Å². The van der Waals surface area contributed by atoms with E-state index >= 15 is 0 Å². The van der Waals surface area contributed by atoms with Crippen LogP contribution in [0.1, 0.15) is 25.0 Å². The molecule has 0 radical (unpaired) electrons. The maximum Gasteiger partial charge on any atom is 0.0519 e. The Morgan fingerprint density at radius 3 is 2.27 bits per heavy atom. The average molecular weight is 291 g/mol. The summed E-state index contributed by atoms with van der Waals surface area (Å²) < 4.78 is 0. The van der Waals surface area contributed by atoms with E-state index < -0.39 is 0 Å². The number of benzene rings is 1. The molecule has 1 aromatic rings. The van der Waals surface area contributed by atoms with Gasteiger partial charge in [0.1, 0.15) is 0 Å². The number of likely N-dealkylation sites (N-methyl/N-ethyl adjacent to an activating group) is 1. The van der Waals surface area contributed by atoms with Gasteiger partial charge < -0.3 is 4.90 Å². The molecule has 0 bridgehead atoms. The largest absolute Gasteiger partial charge is 0.369 e. The van der Waals surface area contributed by atoms with E-state index in [1.165, 1.54) is 5.56 Å². The quantitative estimate of drug-likeness (QED) is 0.563. The van der Waals surface area contributed by atoms with Gasteiger partial charge in [-0.05, 0) is 23.6 Å². The molecule has 1 nitrogen and oxygen atoms in total. The number of nitrogens with zero attached hydrogens (tertiary/aromatic N) is 1. The summed E-state index contributed by atoms with van der Waals surface area (Å²) in [6.07, 6.45) is 5.54. The summed E-state index contributed by atoms with van der Waals surface area (Å²) in [5, 5.41) is 0. The molecule has 0 amide bonds. The molecule has 1 aliphatic heterocycles. The maximum absolute atomic E-state index is 3.85. The van der Waals surface area contributed by atoms with E-state index in [4.69, 9.17) is 0 Å². The van der Waals surface area contributed by atoms with Crippen molar-refractivity contribution < 1.29 is 0 Å². The van der Waals surface area contributed by atoms with Crippen LogP contribution in [0.15, 0.2) is 73.5 Å². The molecule has 114 valence electrons. The predicted molar refractivity (Wildman–Crippen MR) is 97.2 cm³/mol. The SMILES string of the molecule is C=C/C1=C(\C=C)N(C)Cc2ccccc2C#C1.C=CC(C)C. The Morgan fingerprint density at radius 2 is 1.73 bits per heavy atom. The second-order valence-electron chi connectivity index (χ2n) is 5.45. The molecule has 0 aliphatic carbocycles. The van der Waals surface area contributed by atoms with Crippen LogP contribution in [-0.2, 0) is 6.54 Å². The Balaban J connectivity index is 0.000000422. The molecule has 0 aromatic heterocycles. The number of fused-ring (bicyclic) bond motifs is 1. The normalized spacial score (nSPS) is 16.1. The van der Waals surface area contributed by atoms with Crippen LogP contribution in [0.2, 0.25) is 0 Å². The van der Waals surface area contributed by atoms with Crippen molar-refractivity contribution in [1.29, 1.82) is 0 Å². The highest BCUT2D eigenvalue weighted by atomic mass is 15.1. The van der Waals surface area contributed by atoms with Gasteiger partial charge in [0.15, 0.2) is 0 Å². The summed E-state index contributed by atoms with van der Waals surface area (Å²) >= 11 is 0. The Kier molecular flexibility index (Phi) is 6.99. The highest BCUT2D eigenvalue weighted by Crippen LogP contribution is 2.19. The van der Waals surface area contributed by atoms with Crippen LogP contribution >= 0.6 is 0 Å². The first-order chi connectivity index (χ1) is 10.5. The maximum atomic E-state index is 3.85. The first-order valence-electron chi connectivity index (χ1n) is 7.46. The average Bonchev–Trinajstić information content (AvgIpc) is 2.51. The fourth-order valence-corrected chi connectivity index (χ4v) is 1.95. The van der Waals surface area contributed by atoms with E-state index in [2.05, 4.69) is 62.5 Å². The number of hydrogen-bond donors (Lipinski definition) is 0. The fourth-order valence-electron chi connectivity index (χ4n) is 1.95. The summed E-state index contributed by atoms with van der Waals surface area (Å²) in [5.41, 5.74) is 4.28. The molecule has 1 aromatic carbocycles. The highest BCUT2D eigenvalue weighted by Gasteiger charge is 2.10. The lowest BCUT2D eigenvalue weighted by Gasteiger charge is -2.23. The zero-order chi connectivity index (χ0) is 16.5. The third-order valence-corrected chi connectivity index (χ3v) is 3.31. The number of allylic oxidation sites excluding steroid dienone is 4. The van der Waals surface area contributed by atoms with Gasteiger partial charge in [-0.15, -0.1) is 6.58 Å². The van der Waals surface area contributed by atoms with E-state index in [-0.39, 0.29) is 0 Å². The minimum Gasteiger partial charge on any atom is -0.369 e. The summed E-state index contributed by atoms with van der Waals surface area (Å²) in [4.78, 5) is 2.15. The van der Waals surface area contributed by atoms with Crippen LogP contribution in [0.25, 0.3) is 0 Å². The molecule has 22 heavy (non-hydrogen) atoms. The molecule has 1 heterocycles. The summed E-state index contributed by atoms with van der Waals surface area (Å²) in [7, 11) is 2.05. The van der Waals surface area contributed by atoms with E-state index in [1.54, 1.807) is 6.08 Å². The van der Waals surface area contributed by atoms with Crippen molar-refractivity contribution in [3.05, 3.63) is 84.6 Å². The van der Waals surface area contributed by atoms with Crippen LogP contribution in [0, 0.1) is 17.8 Å². The monoisotopic (exact) mass is 291 g/mol. The lowest BCUT2D eigenvalue weighted by molar-refractivity contribution is 0.422. The molecule has 0 fully saturated rings. The summed E-state index contributed by atoms with van der Waals surface area (Å²) in [5.74, 6) is 7.00. The van der Waals surface area contributed by atoms with Gasteiger partial charge in [0.2, 0.25) is 0 Å².